The molecule has 0 aliphatic carbocycles. The Morgan fingerprint density at radius 2 is 2.14 bits per heavy atom. The maximum Gasteiger partial charge on any atom is 0.263 e. The van der Waals surface area contributed by atoms with Gasteiger partial charge < -0.3 is 10.1 Å². The first-order valence-electron chi connectivity index (χ1n) is 6.75. The Labute approximate surface area is 127 Å². The summed E-state index contributed by atoms with van der Waals surface area (Å²) in [4.78, 5) is 25.5. The lowest BCUT2D eigenvalue weighted by Gasteiger charge is -2.12. The highest BCUT2D eigenvalue weighted by Gasteiger charge is 2.18. The predicted octanol–water partition coefficient (Wildman–Crippen LogP) is 2.06. The summed E-state index contributed by atoms with van der Waals surface area (Å²) in [6.45, 7) is 6.77. The molecule has 0 saturated carbocycles. The monoisotopic (exact) mass is 306 g/mol. The molecule has 0 fully saturated rings. The normalized spacial score (nSPS) is 12.1. The van der Waals surface area contributed by atoms with E-state index in [1.807, 2.05) is 20.8 Å². The molecule has 1 atom stereocenters. The van der Waals surface area contributed by atoms with Gasteiger partial charge in [0.2, 0.25) is 0 Å². The molecule has 0 aromatic carbocycles. The second kappa shape index (κ2) is 7.24. The number of carbonyl (C=O) groups is 1. The van der Waals surface area contributed by atoms with Crippen molar-refractivity contribution < 1.29 is 9.53 Å². The van der Waals surface area contributed by atoms with E-state index >= 15 is 0 Å². The van der Waals surface area contributed by atoms with E-state index in [1.54, 1.807) is 18.5 Å². The molecule has 6 nitrogen and oxygen atoms in total. The number of ether oxygens (including phenoxy) is 1. The van der Waals surface area contributed by atoms with Crippen LogP contribution in [0, 0.1) is 6.92 Å². The highest BCUT2D eigenvalue weighted by Crippen LogP contribution is 2.25. The van der Waals surface area contributed by atoms with Crippen LogP contribution in [0.3, 0.4) is 0 Å². The molecule has 2 rings (SSSR count). The second-order valence-electron chi connectivity index (χ2n) is 4.54. The van der Waals surface area contributed by atoms with Gasteiger partial charge in [0.15, 0.2) is 10.8 Å². The fourth-order valence-corrected chi connectivity index (χ4v) is 2.66. The van der Waals surface area contributed by atoms with E-state index in [9.17, 15) is 4.79 Å². The van der Waals surface area contributed by atoms with Gasteiger partial charge in [-0.25, -0.2) is 15.0 Å². The van der Waals surface area contributed by atoms with Crippen LogP contribution >= 0.6 is 11.3 Å². The van der Waals surface area contributed by atoms with Crippen LogP contribution < -0.4 is 5.32 Å². The first kappa shape index (κ1) is 15.5. The van der Waals surface area contributed by atoms with Gasteiger partial charge in [0.05, 0.1) is 12.3 Å². The van der Waals surface area contributed by atoms with Crippen LogP contribution in [-0.2, 0) is 4.74 Å². The summed E-state index contributed by atoms with van der Waals surface area (Å²) in [7, 11) is 0. The lowest BCUT2D eigenvalue weighted by atomic mass is 10.3. The summed E-state index contributed by atoms with van der Waals surface area (Å²) in [6, 6.07) is 1.70. The number of aromatic nitrogens is 3. The van der Waals surface area contributed by atoms with Crippen LogP contribution in [0.5, 0.6) is 0 Å². The third kappa shape index (κ3) is 4.05. The van der Waals surface area contributed by atoms with Crippen molar-refractivity contribution in [2.24, 2.45) is 0 Å². The summed E-state index contributed by atoms with van der Waals surface area (Å²) in [6.07, 6.45) is 3.31. The van der Waals surface area contributed by atoms with E-state index in [4.69, 9.17) is 4.74 Å². The van der Waals surface area contributed by atoms with E-state index < -0.39 is 0 Å². The van der Waals surface area contributed by atoms with Gasteiger partial charge in [-0.1, -0.05) is 0 Å². The van der Waals surface area contributed by atoms with Crippen molar-refractivity contribution in [1.82, 2.24) is 20.3 Å². The smallest absolute Gasteiger partial charge is 0.263 e. The minimum absolute atomic E-state index is 0.0459. The summed E-state index contributed by atoms with van der Waals surface area (Å²) >= 11 is 1.30. The Kier molecular flexibility index (Phi) is 5.35. The molecule has 1 amide bonds. The zero-order chi connectivity index (χ0) is 15.2. The Bertz CT molecular complexity index is 600. The minimum atomic E-state index is -0.139. The van der Waals surface area contributed by atoms with E-state index in [-0.39, 0.29) is 11.9 Å². The number of hydrogen-bond acceptors (Lipinski definition) is 6. The first-order valence-corrected chi connectivity index (χ1v) is 7.57. The zero-order valence-electron chi connectivity index (χ0n) is 12.3. The molecule has 0 aliphatic heterocycles. The van der Waals surface area contributed by atoms with Crippen LogP contribution in [0.25, 0.3) is 10.8 Å². The highest BCUT2D eigenvalue weighted by molar-refractivity contribution is 7.17. The lowest BCUT2D eigenvalue weighted by molar-refractivity contribution is 0.0875. The molecule has 0 radical (unpaired) electrons. The van der Waals surface area contributed by atoms with Crippen molar-refractivity contribution in [3.05, 3.63) is 29.0 Å². The van der Waals surface area contributed by atoms with Crippen molar-refractivity contribution in [3.63, 3.8) is 0 Å². The van der Waals surface area contributed by atoms with E-state index in [0.717, 1.165) is 0 Å². The topological polar surface area (TPSA) is 77.0 Å². The number of nitrogens with one attached hydrogen (secondary N) is 1. The fraction of sp³-hybridized carbons (Fsp3) is 0.429. The number of hydrogen-bond donors (Lipinski definition) is 1. The van der Waals surface area contributed by atoms with Crippen molar-refractivity contribution in [1.29, 1.82) is 0 Å². The number of aryl methyl sites for hydroxylation is 1. The van der Waals surface area contributed by atoms with Crippen LogP contribution in [0.2, 0.25) is 0 Å². The molecule has 2 aromatic rings. The van der Waals surface area contributed by atoms with Gasteiger partial charge in [0.1, 0.15) is 4.88 Å². The summed E-state index contributed by atoms with van der Waals surface area (Å²) in [5, 5.41) is 3.55. The summed E-state index contributed by atoms with van der Waals surface area (Å²) in [5.41, 5.74) is 0.684. The van der Waals surface area contributed by atoms with E-state index in [1.165, 1.54) is 11.3 Å². The van der Waals surface area contributed by atoms with Crippen molar-refractivity contribution >= 4 is 17.2 Å². The third-order valence-electron chi connectivity index (χ3n) is 2.71. The molecule has 21 heavy (non-hydrogen) atoms. The van der Waals surface area contributed by atoms with Crippen LogP contribution in [0.15, 0.2) is 18.5 Å². The van der Waals surface area contributed by atoms with Gasteiger partial charge in [-0.2, -0.15) is 0 Å². The molecule has 0 bridgehead atoms. The SMILES string of the molecule is CCOC[C@@H](C)NC(=O)c1sc(-c2ncccn2)nc1C. The van der Waals surface area contributed by atoms with Gasteiger partial charge in [-0.05, 0) is 26.8 Å². The Balaban J connectivity index is 2.10. The number of rotatable bonds is 6. The van der Waals surface area contributed by atoms with E-state index in [0.29, 0.717) is 34.6 Å². The molecule has 0 spiro atoms. The fourth-order valence-electron chi connectivity index (χ4n) is 1.74. The number of thiazole rings is 1. The van der Waals surface area contributed by atoms with Crippen LogP contribution in [-0.4, -0.2) is 40.1 Å². The van der Waals surface area contributed by atoms with Gasteiger partial charge in [-0.15, -0.1) is 11.3 Å². The molecule has 0 saturated heterocycles. The molecule has 0 unspecified atom stereocenters. The molecule has 7 heteroatoms. The quantitative estimate of drug-likeness (QED) is 0.884. The molecular weight excluding hydrogens is 288 g/mol. The molecule has 0 aliphatic rings. The number of carbonyl (C=O) groups excluding carboxylic acids is 1. The zero-order valence-corrected chi connectivity index (χ0v) is 13.1. The third-order valence-corrected chi connectivity index (χ3v) is 3.86. The summed E-state index contributed by atoms with van der Waals surface area (Å²) in [5.74, 6) is 0.395. The second-order valence-corrected chi connectivity index (χ2v) is 5.54. The Hall–Kier alpha value is -1.86. The molecular formula is C14H18N4O2S. The average Bonchev–Trinajstić information content (AvgIpc) is 2.88. The molecule has 2 heterocycles. The largest absolute Gasteiger partial charge is 0.380 e. The van der Waals surface area contributed by atoms with Gasteiger partial charge in [-0.3, -0.25) is 4.79 Å². The average molecular weight is 306 g/mol. The minimum Gasteiger partial charge on any atom is -0.380 e. The van der Waals surface area contributed by atoms with Gasteiger partial charge in [0.25, 0.3) is 5.91 Å². The molecule has 2 aromatic heterocycles. The van der Waals surface area contributed by atoms with Crippen molar-refractivity contribution in [2.45, 2.75) is 26.8 Å². The maximum absolute atomic E-state index is 12.2. The lowest BCUT2D eigenvalue weighted by Crippen LogP contribution is -2.35. The molecule has 112 valence electrons. The number of amides is 1. The van der Waals surface area contributed by atoms with E-state index in [2.05, 4.69) is 20.3 Å². The first-order chi connectivity index (χ1) is 10.1. The van der Waals surface area contributed by atoms with Crippen LogP contribution in [0.1, 0.15) is 29.2 Å². The van der Waals surface area contributed by atoms with Gasteiger partial charge in [0, 0.05) is 25.0 Å². The van der Waals surface area contributed by atoms with Crippen molar-refractivity contribution in [2.75, 3.05) is 13.2 Å². The van der Waals surface area contributed by atoms with Crippen molar-refractivity contribution in [3.8, 4) is 10.8 Å². The molecule has 1 N–H and O–H groups in total. The maximum atomic E-state index is 12.2. The predicted molar refractivity (Wildman–Crippen MR) is 81.3 cm³/mol. The van der Waals surface area contributed by atoms with Crippen LogP contribution in [0.4, 0.5) is 0 Å². The number of nitrogens with zero attached hydrogens (tertiary/aromatic N) is 3. The standard InChI is InChI=1S/C14H18N4O2S/c1-4-20-8-9(2)17-13(19)11-10(3)18-14(21-11)12-15-6-5-7-16-12/h5-7,9H,4,8H2,1-3H3,(H,17,19)/t9-/m1/s1. The Morgan fingerprint density at radius 1 is 1.43 bits per heavy atom. The summed E-state index contributed by atoms with van der Waals surface area (Å²) < 4.78 is 5.29. The highest BCUT2D eigenvalue weighted by atomic mass is 32.1. The van der Waals surface area contributed by atoms with Gasteiger partial charge >= 0.3 is 0 Å². The Morgan fingerprint density at radius 3 is 2.81 bits per heavy atom.